The Labute approximate surface area is 263 Å². The fourth-order valence-corrected chi connectivity index (χ4v) is 7.45. The number of alkyl halides is 1. The number of anilines is 2. The van der Waals surface area contributed by atoms with Crippen molar-refractivity contribution in [1.82, 2.24) is 19.8 Å². The standard InChI is InChI=1S/C31H33ClF3N7O3/c1-17(33)28(43)42-9-8-41(15-20(42)5-7-36)27-26-25(37-30(39-27)45-16-21-10-19(35)14-40(21)2)13-31(29(44)38-26)6-3-4-22-23(31)11-18(34)12-24(22)32/h11-12,19-21H,1,3-6,8-10,13-16H2,2H3,(H,38,44)/t19-,20+,21+,31+/m1/s1. The molecule has 0 bridgehead atoms. The molecule has 1 aromatic carbocycles. The van der Waals surface area contributed by atoms with Gasteiger partial charge in [-0.15, -0.1) is 0 Å². The monoisotopic (exact) mass is 643 g/mol. The van der Waals surface area contributed by atoms with Crippen LogP contribution in [0.15, 0.2) is 24.5 Å². The minimum absolute atomic E-state index is 0.0199. The zero-order valence-corrected chi connectivity index (χ0v) is 25.5. The molecule has 6 rings (SSSR count). The summed E-state index contributed by atoms with van der Waals surface area (Å²) in [5.41, 5.74) is 0.948. The lowest BCUT2D eigenvalue weighted by atomic mass is 9.65. The Kier molecular flexibility index (Phi) is 8.39. The van der Waals surface area contributed by atoms with Crippen molar-refractivity contribution in [2.24, 2.45) is 0 Å². The van der Waals surface area contributed by atoms with Crippen molar-refractivity contribution in [1.29, 1.82) is 5.26 Å². The molecule has 4 aliphatic rings. The molecule has 1 spiro atoms. The number of rotatable bonds is 6. The maximum atomic E-state index is 14.7. The first-order valence-corrected chi connectivity index (χ1v) is 15.3. The average molecular weight is 644 g/mol. The number of likely N-dealkylation sites (N-methyl/N-ethyl adjacent to an activating group) is 1. The van der Waals surface area contributed by atoms with E-state index in [1.165, 1.54) is 17.0 Å². The topological polar surface area (TPSA) is 115 Å². The van der Waals surface area contributed by atoms with Gasteiger partial charge in [0.15, 0.2) is 11.6 Å². The number of nitriles is 1. The molecule has 1 N–H and O–H groups in total. The van der Waals surface area contributed by atoms with Gasteiger partial charge in [-0.3, -0.25) is 14.5 Å². The Hall–Kier alpha value is -3.89. The Balaban J connectivity index is 1.39. The van der Waals surface area contributed by atoms with Gasteiger partial charge in [-0.2, -0.15) is 15.2 Å². The molecule has 10 nitrogen and oxygen atoms in total. The van der Waals surface area contributed by atoms with Gasteiger partial charge in [0.25, 0.3) is 5.91 Å². The number of amides is 2. The van der Waals surface area contributed by atoms with Crippen LogP contribution in [0.3, 0.4) is 0 Å². The number of nitrogens with zero attached hydrogens (tertiary/aromatic N) is 6. The van der Waals surface area contributed by atoms with Crippen LogP contribution < -0.4 is 15.0 Å². The second kappa shape index (κ2) is 12.1. The SMILES string of the molecule is C=C(F)C(=O)N1CCN(c2nc(OC[C@@H]3C[C@@H](F)CN3C)nc3c2NC(=O)[C@@]2(CCCc4c(Cl)cc(F)cc42)C3)C[C@@H]1CC#N. The van der Waals surface area contributed by atoms with E-state index in [0.29, 0.717) is 55.0 Å². The molecular weight excluding hydrogens is 611 g/mol. The molecule has 3 aliphatic heterocycles. The number of piperazine rings is 1. The van der Waals surface area contributed by atoms with Crippen LogP contribution in [0.25, 0.3) is 0 Å². The zero-order valence-electron chi connectivity index (χ0n) is 24.8. The van der Waals surface area contributed by atoms with Crippen LogP contribution in [0, 0.1) is 17.1 Å². The normalized spacial score (nSPS) is 26.2. The number of benzene rings is 1. The van der Waals surface area contributed by atoms with Crippen LogP contribution in [0.4, 0.5) is 24.7 Å². The predicted octanol–water partition coefficient (Wildman–Crippen LogP) is 3.87. The molecule has 238 valence electrons. The molecule has 2 aromatic rings. The van der Waals surface area contributed by atoms with Gasteiger partial charge in [0, 0.05) is 43.7 Å². The Morgan fingerprint density at radius 3 is 2.80 bits per heavy atom. The highest BCUT2D eigenvalue weighted by Gasteiger charge is 2.49. The molecule has 4 heterocycles. The minimum Gasteiger partial charge on any atom is -0.462 e. The van der Waals surface area contributed by atoms with Gasteiger partial charge in [0.05, 0.1) is 29.6 Å². The van der Waals surface area contributed by atoms with Gasteiger partial charge in [-0.1, -0.05) is 18.2 Å². The van der Waals surface area contributed by atoms with E-state index in [1.807, 2.05) is 16.8 Å². The van der Waals surface area contributed by atoms with E-state index in [1.54, 1.807) is 0 Å². The summed E-state index contributed by atoms with van der Waals surface area (Å²) in [5, 5.41) is 12.7. The fraction of sp³-hybridized carbons (Fsp3) is 0.516. The molecule has 1 aliphatic carbocycles. The van der Waals surface area contributed by atoms with Crippen LogP contribution in [-0.2, 0) is 27.8 Å². The third-order valence-corrected chi connectivity index (χ3v) is 9.77. The van der Waals surface area contributed by atoms with Gasteiger partial charge < -0.3 is 19.9 Å². The molecule has 0 radical (unpaired) electrons. The van der Waals surface area contributed by atoms with Gasteiger partial charge in [0.2, 0.25) is 5.91 Å². The summed E-state index contributed by atoms with van der Waals surface area (Å²) in [6.07, 6.45) is 1.12. The summed E-state index contributed by atoms with van der Waals surface area (Å²) in [5.74, 6) is -2.55. The van der Waals surface area contributed by atoms with Crippen LogP contribution in [-0.4, -0.2) is 89.7 Å². The van der Waals surface area contributed by atoms with Crippen molar-refractivity contribution >= 4 is 34.9 Å². The van der Waals surface area contributed by atoms with Crippen molar-refractivity contribution in [3.63, 3.8) is 0 Å². The van der Waals surface area contributed by atoms with Crippen molar-refractivity contribution < 1.29 is 27.5 Å². The molecule has 2 fully saturated rings. The number of likely N-dealkylation sites (tertiary alicyclic amines) is 1. The number of nitrogens with one attached hydrogen (secondary N) is 1. The van der Waals surface area contributed by atoms with Gasteiger partial charge in [-0.25, -0.2) is 13.2 Å². The van der Waals surface area contributed by atoms with Crippen LogP contribution in [0.1, 0.15) is 42.5 Å². The second-order valence-corrected chi connectivity index (χ2v) is 12.6. The number of carbonyl (C=O) groups is 2. The quantitative estimate of drug-likeness (QED) is 0.472. The lowest BCUT2D eigenvalue weighted by molar-refractivity contribution is -0.131. The predicted molar refractivity (Wildman–Crippen MR) is 160 cm³/mol. The van der Waals surface area contributed by atoms with Crippen molar-refractivity contribution in [3.8, 4) is 12.1 Å². The molecular formula is C31H33ClF3N7O3. The largest absolute Gasteiger partial charge is 0.462 e. The van der Waals surface area contributed by atoms with Crippen LogP contribution in [0.5, 0.6) is 6.01 Å². The summed E-state index contributed by atoms with van der Waals surface area (Å²) < 4.78 is 48.6. The highest BCUT2D eigenvalue weighted by Crippen LogP contribution is 2.48. The van der Waals surface area contributed by atoms with E-state index in [-0.39, 0.29) is 62.1 Å². The fourth-order valence-electron chi connectivity index (χ4n) is 7.15. The second-order valence-electron chi connectivity index (χ2n) is 12.2. The summed E-state index contributed by atoms with van der Waals surface area (Å²) in [7, 11) is 1.82. The van der Waals surface area contributed by atoms with Crippen molar-refractivity contribution in [2.45, 2.75) is 62.2 Å². The van der Waals surface area contributed by atoms with Crippen LogP contribution in [0.2, 0.25) is 5.02 Å². The van der Waals surface area contributed by atoms with Crippen molar-refractivity contribution in [2.75, 3.05) is 50.1 Å². The van der Waals surface area contributed by atoms with E-state index in [9.17, 15) is 28.0 Å². The molecule has 0 unspecified atom stereocenters. The number of halogens is 4. The lowest BCUT2D eigenvalue weighted by Gasteiger charge is -2.44. The van der Waals surface area contributed by atoms with E-state index >= 15 is 0 Å². The maximum absolute atomic E-state index is 14.7. The van der Waals surface area contributed by atoms with Crippen molar-refractivity contribution in [3.05, 3.63) is 52.2 Å². The molecule has 1 aromatic heterocycles. The minimum atomic E-state index is -1.13. The van der Waals surface area contributed by atoms with Gasteiger partial charge >= 0.3 is 6.01 Å². The van der Waals surface area contributed by atoms with Gasteiger partial charge in [-0.05, 0) is 56.0 Å². The number of hydrogen-bond donors (Lipinski definition) is 1. The first kappa shape index (κ1) is 31.1. The molecule has 2 saturated heterocycles. The molecule has 2 amide bonds. The third-order valence-electron chi connectivity index (χ3n) is 9.44. The highest BCUT2D eigenvalue weighted by molar-refractivity contribution is 6.31. The molecule has 45 heavy (non-hydrogen) atoms. The van der Waals surface area contributed by atoms with E-state index in [2.05, 4.69) is 22.9 Å². The number of hydrogen-bond acceptors (Lipinski definition) is 8. The lowest BCUT2D eigenvalue weighted by Crippen LogP contribution is -2.56. The first-order chi connectivity index (χ1) is 21.5. The zero-order chi connectivity index (χ0) is 32.0. The van der Waals surface area contributed by atoms with E-state index in [4.69, 9.17) is 21.3 Å². The van der Waals surface area contributed by atoms with Crippen LogP contribution >= 0.6 is 11.6 Å². The highest BCUT2D eigenvalue weighted by atomic mass is 35.5. The Bertz CT molecular complexity index is 1600. The summed E-state index contributed by atoms with van der Waals surface area (Å²) in [4.78, 5) is 40.8. The summed E-state index contributed by atoms with van der Waals surface area (Å²) >= 11 is 6.43. The molecule has 0 saturated carbocycles. The molecule has 4 atom stereocenters. The first-order valence-electron chi connectivity index (χ1n) is 15.0. The van der Waals surface area contributed by atoms with Gasteiger partial charge in [0.1, 0.15) is 24.3 Å². The number of carbonyl (C=O) groups excluding carboxylic acids is 2. The van der Waals surface area contributed by atoms with E-state index < -0.39 is 35.2 Å². The summed E-state index contributed by atoms with van der Waals surface area (Å²) in [6, 6.07) is 3.84. The number of fused-ring (bicyclic) bond motifs is 3. The smallest absolute Gasteiger partial charge is 0.318 e. The average Bonchev–Trinajstić information content (AvgIpc) is 3.33. The maximum Gasteiger partial charge on any atom is 0.318 e. The molecule has 14 heteroatoms. The van der Waals surface area contributed by atoms with E-state index in [0.717, 1.165) is 5.56 Å². The Morgan fingerprint density at radius 2 is 2.09 bits per heavy atom. The number of aromatic nitrogens is 2. The Morgan fingerprint density at radius 1 is 1.29 bits per heavy atom. The third kappa shape index (κ3) is 5.70. The number of ether oxygens (including phenoxy) is 1. The summed E-state index contributed by atoms with van der Waals surface area (Å²) in [6.45, 7) is 3.96.